The van der Waals surface area contributed by atoms with Crippen LogP contribution >= 0.6 is 0 Å². The van der Waals surface area contributed by atoms with Gasteiger partial charge in [-0.05, 0) is 47.1 Å². The van der Waals surface area contributed by atoms with Gasteiger partial charge in [0.25, 0.3) is 5.91 Å². The Morgan fingerprint density at radius 2 is 1.68 bits per heavy atom. The Morgan fingerprint density at radius 1 is 1.06 bits per heavy atom. The van der Waals surface area contributed by atoms with E-state index in [9.17, 15) is 32.4 Å². The first kappa shape index (κ1) is 40.6. The zero-order valence-corrected chi connectivity index (χ0v) is 31.7. The molecule has 50 heavy (non-hydrogen) atoms. The van der Waals surface area contributed by atoms with Gasteiger partial charge in [0.2, 0.25) is 27.6 Å². The van der Waals surface area contributed by atoms with Gasteiger partial charge < -0.3 is 26.2 Å². The van der Waals surface area contributed by atoms with Gasteiger partial charge in [0, 0.05) is 32.7 Å². The second kappa shape index (κ2) is 16.1. The van der Waals surface area contributed by atoms with Crippen molar-refractivity contribution in [3.63, 3.8) is 0 Å². The van der Waals surface area contributed by atoms with Gasteiger partial charge in [-0.3, -0.25) is 19.2 Å². The number of fused-ring (bicyclic) bond motifs is 1. The highest BCUT2D eigenvalue weighted by Crippen LogP contribution is 2.65. The number of urea groups is 1. The Bertz CT molecular complexity index is 1540. The average Bonchev–Trinajstić information content (AvgIpc) is 3.35. The van der Waals surface area contributed by atoms with Crippen LogP contribution < -0.4 is 21.3 Å². The molecule has 1 heterocycles. The fraction of sp³-hybridized carbons (Fsp3) is 0.639. The molecular weight excluding hydrogens is 660 g/mol. The third-order valence-corrected chi connectivity index (χ3v) is 11.9. The summed E-state index contributed by atoms with van der Waals surface area (Å²) in [5, 5.41) is 10.9. The molecule has 13 nitrogen and oxygen atoms in total. The Balaban J connectivity index is 1.80. The van der Waals surface area contributed by atoms with E-state index >= 15 is 0 Å². The van der Waals surface area contributed by atoms with Gasteiger partial charge >= 0.3 is 6.03 Å². The number of likely N-dealkylation sites (tertiary alicyclic amines) is 1. The average molecular weight is 717 g/mol. The van der Waals surface area contributed by atoms with Crippen molar-refractivity contribution in [3.05, 3.63) is 43.0 Å². The van der Waals surface area contributed by atoms with Gasteiger partial charge in [-0.25, -0.2) is 13.2 Å². The molecule has 2 fully saturated rings. The molecule has 1 aliphatic heterocycles. The quantitative estimate of drug-likeness (QED) is 0.150. The van der Waals surface area contributed by atoms with Crippen LogP contribution in [-0.4, -0.2) is 98.0 Å². The van der Waals surface area contributed by atoms with Gasteiger partial charge in [0.1, 0.15) is 12.1 Å². The fourth-order valence-corrected chi connectivity index (χ4v) is 7.98. The van der Waals surface area contributed by atoms with E-state index in [4.69, 9.17) is 0 Å². The van der Waals surface area contributed by atoms with Crippen LogP contribution in [0.1, 0.15) is 68.2 Å². The zero-order chi connectivity index (χ0) is 37.8. The summed E-state index contributed by atoms with van der Waals surface area (Å²) in [7, 11) is -2.36. The van der Waals surface area contributed by atoms with Crippen molar-refractivity contribution in [2.45, 2.75) is 97.3 Å². The van der Waals surface area contributed by atoms with Crippen molar-refractivity contribution in [1.82, 2.24) is 30.5 Å². The SMILES string of the molecule is C=CCNC(=O)C(=O)C(CCC)NC(=O)[C@@H]1[C@@H]2[C@H](CN1C(=O)[C@@H](NC(=O)N[C@H](CN(C)S(=O)(=O)c1ccccc1)C(C)C)C(C)(C)C)C2(C)C. The number of carbonyl (C=O) groups excluding carboxylic acids is 5. The second-order valence-corrected chi connectivity index (χ2v) is 17.5. The lowest BCUT2D eigenvalue weighted by Gasteiger charge is -2.38. The molecule has 1 aromatic rings. The lowest BCUT2D eigenvalue weighted by molar-refractivity contribution is -0.145. The summed E-state index contributed by atoms with van der Waals surface area (Å²) in [5.74, 6) is -2.82. The van der Waals surface area contributed by atoms with Crippen LogP contribution in [0.25, 0.3) is 0 Å². The van der Waals surface area contributed by atoms with Gasteiger partial charge in [0.15, 0.2) is 0 Å². The van der Waals surface area contributed by atoms with Crippen molar-refractivity contribution < 1.29 is 32.4 Å². The van der Waals surface area contributed by atoms with Crippen molar-refractivity contribution in [2.24, 2.45) is 28.6 Å². The number of carbonyl (C=O) groups is 5. The van der Waals surface area contributed by atoms with E-state index < -0.39 is 69.1 Å². The Hall–Kier alpha value is -3.78. The summed E-state index contributed by atoms with van der Waals surface area (Å²) in [6, 6.07) is 3.78. The highest BCUT2D eigenvalue weighted by atomic mass is 32.2. The van der Waals surface area contributed by atoms with Crippen LogP contribution in [0.4, 0.5) is 4.79 Å². The lowest BCUT2D eigenvalue weighted by Crippen LogP contribution is -2.62. The smallest absolute Gasteiger partial charge is 0.315 e. The van der Waals surface area contributed by atoms with Crippen LogP contribution in [0.2, 0.25) is 0 Å². The Morgan fingerprint density at radius 3 is 2.22 bits per heavy atom. The Kier molecular flexibility index (Phi) is 13.0. The topological polar surface area (TPSA) is 174 Å². The summed E-state index contributed by atoms with van der Waals surface area (Å²) in [6.45, 7) is 19.0. The number of nitrogens with zero attached hydrogens (tertiary/aromatic N) is 2. The summed E-state index contributed by atoms with van der Waals surface area (Å²) in [6.07, 6.45) is 2.23. The molecule has 5 amide bonds. The number of hydrogen-bond acceptors (Lipinski definition) is 7. The van der Waals surface area contributed by atoms with Crippen LogP contribution in [0.5, 0.6) is 0 Å². The maximum Gasteiger partial charge on any atom is 0.315 e. The molecule has 278 valence electrons. The third kappa shape index (κ3) is 9.11. The highest BCUT2D eigenvalue weighted by Gasteiger charge is 2.70. The number of hydrogen-bond donors (Lipinski definition) is 4. The molecule has 0 bridgehead atoms. The van der Waals surface area contributed by atoms with Gasteiger partial charge in [-0.1, -0.05) is 86.1 Å². The van der Waals surface area contributed by atoms with Crippen LogP contribution in [0.15, 0.2) is 47.9 Å². The first-order valence-corrected chi connectivity index (χ1v) is 18.8. The molecule has 0 aromatic heterocycles. The molecule has 1 unspecified atom stereocenters. The number of benzene rings is 1. The molecule has 0 spiro atoms. The van der Waals surface area contributed by atoms with E-state index in [-0.39, 0.29) is 47.6 Å². The molecule has 1 aromatic carbocycles. The molecule has 4 N–H and O–H groups in total. The first-order chi connectivity index (χ1) is 23.2. The largest absolute Gasteiger partial charge is 0.346 e. The first-order valence-electron chi connectivity index (χ1n) is 17.3. The number of rotatable bonds is 16. The number of piperidine rings is 1. The summed E-state index contributed by atoms with van der Waals surface area (Å²) < 4.78 is 27.5. The van der Waals surface area contributed by atoms with Crippen molar-refractivity contribution in [2.75, 3.05) is 26.7 Å². The molecular formula is C36H56N6O7S. The molecule has 0 radical (unpaired) electrons. The maximum atomic E-state index is 14.4. The normalized spacial score (nSPS) is 21.4. The number of amides is 5. The van der Waals surface area contributed by atoms with E-state index in [0.29, 0.717) is 13.0 Å². The number of ketones is 1. The standard InChI is InChI=1S/C36H56N6O7S/c1-11-16-25(29(43)32(45)37-19-12-2)38-31(44)28-27-24(36(27,8)9)20-42(28)33(46)30(35(5,6)7)40-34(47)39-26(22(3)4)21-41(10)50(48,49)23-17-14-13-15-18-23/h12-15,17-18,22,24-28,30H,2,11,16,19-21H2,1,3-10H3,(H,37,45)(H,38,44)(H2,39,40,47)/t24-,25?,26+,27-,28-,30+/m0/s1. The third-order valence-electron chi connectivity index (χ3n) is 10.0. The lowest BCUT2D eigenvalue weighted by atomic mass is 9.85. The number of nitrogens with one attached hydrogen (secondary N) is 4. The van der Waals surface area contributed by atoms with E-state index in [1.165, 1.54) is 34.5 Å². The molecule has 1 saturated carbocycles. The Labute approximate surface area is 297 Å². The van der Waals surface area contributed by atoms with Crippen molar-refractivity contribution >= 4 is 39.6 Å². The minimum absolute atomic E-state index is 0.00742. The van der Waals surface area contributed by atoms with E-state index in [2.05, 4.69) is 27.8 Å². The number of sulfonamides is 1. The molecule has 1 saturated heterocycles. The molecule has 14 heteroatoms. The van der Waals surface area contributed by atoms with Crippen LogP contribution in [-0.2, 0) is 29.2 Å². The minimum atomic E-state index is -3.81. The van der Waals surface area contributed by atoms with Gasteiger partial charge in [0.05, 0.1) is 10.9 Å². The summed E-state index contributed by atoms with van der Waals surface area (Å²) in [4.78, 5) is 68.9. The zero-order valence-electron chi connectivity index (χ0n) is 30.9. The predicted molar refractivity (Wildman–Crippen MR) is 191 cm³/mol. The van der Waals surface area contributed by atoms with E-state index in [1.54, 1.807) is 18.2 Å². The summed E-state index contributed by atoms with van der Waals surface area (Å²) >= 11 is 0. The summed E-state index contributed by atoms with van der Waals surface area (Å²) in [5.41, 5.74) is -0.995. The van der Waals surface area contributed by atoms with Gasteiger partial charge in [-0.2, -0.15) is 4.31 Å². The van der Waals surface area contributed by atoms with Crippen molar-refractivity contribution in [1.29, 1.82) is 0 Å². The van der Waals surface area contributed by atoms with Gasteiger partial charge in [-0.15, -0.1) is 6.58 Å². The van der Waals surface area contributed by atoms with E-state index in [0.717, 1.165) is 0 Å². The maximum absolute atomic E-state index is 14.4. The molecule has 1 aliphatic carbocycles. The number of Topliss-reactive ketones (excluding diaryl/α,β-unsaturated/α-hetero) is 1. The predicted octanol–water partition coefficient (Wildman–Crippen LogP) is 2.68. The molecule has 3 rings (SSSR count). The molecule has 6 atom stereocenters. The van der Waals surface area contributed by atoms with E-state index in [1.807, 2.05) is 55.4 Å². The van der Waals surface area contributed by atoms with Crippen molar-refractivity contribution in [3.8, 4) is 0 Å². The monoisotopic (exact) mass is 716 g/mol. The fourth-order valence-electron chi connectivity index (χ4n) is 6.76. The van der Waals surface area contributed by atoms with Crippen LogP contribution in [0, 0.1) is 28.6 Å². The minimum Gasteiger partial charge on any atom is -0.346 e. The number of likely N-dealkylation sites (N-methyl/N-ethyl adjacent to an activating group) is 1. The second-order valence-electron chi connectivity index (χ2n) is 15.5. The molecule has 2 aliphatic rings. The van der Waals surface area contributed by atoms with Crippen LogP contribution in [0.3, 0.4) is 0 Å². The highest BCUT2D eigenvalue weighted by molar-refractivity contribution is 7.89.